The van der Waals surface area contributed by atoms with E-state index in [9.17, 15) is 14.4 Å². The highest BCUT2D eigenvalue weighted by atomic mass is 16.5. The molecule has 1 N–H and O–H groups in total. The topological polar surface area (TPSA) is 84.9 Å². The Labute approximate surface area is 165 Å². The highest BCUT2D eigenvalue weighted by molar-refractivity contribution is 6.02. The van der Waals surface area contributed by atoms with Crippen LogP contribution in [0.25, 0.3) is 0 Å². The highest BCUT2D eigenvalue weighted by Gasteiger charge is 2.55. The smallest absolute Gasteiger partial charge is 0.328 e. The average Bonchev–Trinajstić information content (AvgIpc) is 3.17. The van der Waals surface area contributed by atoms with Crippen molar-refractivity contribution in [2.24, 2.45) is 0 Å². The molecule has 1 spiro atoms. The van der Waals surface area contributed by atoms with E-state index in [1.54, 1.807) is 20.1 Å². The van der Waals surface area contributed by atoms with Crippen LogP contribution < -0.4 is 5.32 Å². The van der Waals surface area contributed by atoms with E-state index in [2.05, 4.69) is 5.32 Å². The van der Waals surface area contributed by atoms with Crippen molar-refractivity contribution in [1.82, 2.24) is 10.2 Å². The predicted octanol–water partition coefficient (Wildman–Crippen LogP) is 1.86. The van der Waals surface area contributed by atoms with E-state index in [-0.39, 0.29) is 11.8 Å². The van der Waals surface area contributed by atoms with Crippen LogP contribution in [0.3, 0.4) is 0 Å². The summed E-state index contributed by atoms with van der Waals surface area (Å²) in [5, 5.41) is 2.80. The molecule has 1 aromatic rings. The zero-order valence-electron chi connectivity index (χ0n) is 16.7. The molecule has 0 saturated heterocycles. The number of amides is 2. The molecular weight excluding hydrogens is 360 g/mol. The lowest BCUT2D eigenvalue weighted by Crippen LogP contribution is -2.62. The molecule has 0 radical (unpaired) electrons. The van der Waals surface area contributed by atoms with Crippen LogP contribution in [-0.4, -0.2) is 61.6 Å². The number of nitrogens with zero attached hydrogens (tertiary/aromatic N) is 1. The van der Waals surface area contributed by atoms with Gasteiger partial charge in [-0.15, -0.1) is 0 Å². The van der Waals surface area contributed by atoms with Gasteiger partial charge in [0.25, 0.3) is 5.91 Å². The zero-order chi connectivity index (χ0) is 20.3. The number of ether oxygens (including phenoxy) is 2. The Hall–Kier alpha value is -2.41. The van der Waals surface area contributed by atoms with Crippen LogP contribution in [0, 0.1) is 0 Å². The van der Waals surface area contributed by atoms with Crippen molar-refractivity contribution < 1.29 is 23.9 Å². The van der Waals surface area contributed by atoms with Crippen LogP contribution in [0.5, 0.6) is 0 Å². The molecule has 1 saturated carbocycles. The molecule has 0 bridgehead atoms. The van der Waals surface area contributed by atoms with Gasteiger partial charge >= 0.3 is 5.97 Å². The quantitative estimate of drug-likeness (QED) is 0.752. The Morgan fingerprint density at radius 3 is 2.57 bits per heavy atom. The molecule has 7 nitrogen and oxygen atoms in total. The van der Waals surface area contributed by atoms with Gasteiger partial charge in [0.15, 0.2) is 0 Å². The molecule has 2 amide bonds. The maximum absolute atomic E-state index is 13.4. The van der Waals surface area contributed by atoms with Crippen LogP contribution in [0.2, 0.25) is 0 Å². The molecule has 28 heavy (non-hydrogen) atoms. The van der Waals surface area contributed by atoms with Gasteiger partial charge in [0.05, 0.1) is 25.2 Å². The van der Waals surface area contributed by atoms with Crippen LogP contribution in [-0.2, 0) is 19.1 Å². The van der Waals surface area contributed by atoms with Crippen molar-refractivity contribution >= 4 is 17.8 Å². The SMILES string of the molecule is COCCN1C(=O)c2ccccc2[C@H](C(=O)N[C@@H](C)C(=O)OC)C12CCCC2. The molecule has 152 valence electrons. The second-order valence-corrected chi connectivity index (χ2v) is 7.53. The molecule has 1 fully saturated rings. The molecule has 2 aliphatic rings. The number of carbonyl (C=O) groups excluding carboxylic acids is 3. The van der Waals surface area contributed by atoms with Gasteiger partial charge in [-0.2, -0.15) is 0 Å². The summed E-state index contributed by atoms with van der Waals surface area (Å²) < 4.78 is 9.98. The van der Waals surface area contributed by atoms with Gasteiger partial charge in [-0.05, 0) is 31.4 Å². The van der Waals surface area contributed by atoms with Gasteiger partial charge in [0, 0.05) is 19.2 Å². The molecule has 1 heterocycles. The van der Waals surface area contributed by atoms with Crippen molar-refractivity contribution in [3.8, 4) is 0 Å². The van der Waals surface area contributed by atoms with Crippen LogP contribution in [0.1, 0.15) is 54.4 Å². The first-order valence-electron chi connectivity index (χ1n) is 9.74. The Balaban J connectivity index is 2.05. The van der Waals surface area contributed by atoms with Gasteiger partial charge in [0.1, 0.15) is 6.04 Å². The summed E-state index contributed by atoms with van der Waals surface area (Å²) in [6.07, 6.45) is 3.41. The van der Waals surface area contributed by atoms with Crippen molar-refractivity contribution in [2.75, 3.05) is 27.4 Å². The normalized spacial score (nSPS) is 21.3. The van der Waals surface area contributed by atoms with Crippen LogP contribution in [0.4, 0.5) is 0 Å². The standard InChI is InChI=1S/C21H28N2O5/c1-14(20(26)28-3)22-18(24)17-15-8-4-5-9-16(15)19(25)23(12-13-27-2)21(17)10-6-7-11-21/h4-5,8-9,14,17H,6-7,10-13H2,1-3H3,(H,22,24)/t14-,17+/m0/s1. The van der Waals surface area contributed by atoms with E-state index in [0.29, 0.717) is 18.7 Å². The second-order valence-electron chi connectivity index (χ2n) is 7.53. The van der Waals surface area contributed by atoms with Crippen molar-refractivity contribution in [1.29, 1.82) is 0 Å². The third-order valence-electron chi connectivity index (χ3n) is 5.99. The summed E-state index contributed by atoms with van der Waals surface area (Å²) in [5.74, 6) is -1.33. The Morgan fingerprint density at radius 1 is 1.25 bits per heavy atom. The summed E-state index contributed by atoms with van der Waals surface area (Å²) in [4.78, 5) is 40.3. The monoisotopic (exact) mass is 388 g/mol. The van der Waals surface area contributed by atoms with Gasteiger partial charge in [-0.25, -0.2) is 4.79 Å². The first kappa shape index (κ1) is 20.3. The van der Waals surface area contributed by atoms with E-state index in [4.69, 9.17) is 9.47 Å². The summed E-state index contributed by atoms with van der Waals surface area (Å²) in [5.41, 5.74) is 0.684. The molecule has 0 unspecified atom stereocenters. The molecule has 1 aromatic carbocycles. The minimum atomic E-state index is -0.756. The zero-order valence-corrected chi connectivity index (χ0v) is 16.7. The lowest BCUT2D eigenvalue weighted by atomic mass is 9.71. The lowest BCUT2D eigenvalue weighted by molar-refractivity contribution is -0.145. The van der Waals surface area contributed by atoms with Gasteiger partial charge in [0.2, 0.25) is 5.91 Å². The summed E-state index contributed by atoms with van der Waals surface area (Å²) in [6, 6.07) is 6.53. The highest BCUT2D eigenvalue weighted by Crippen LogP contribution is 2.50. The van der Waals surface area contributed by atoms with Crippen LogP contribution in [0.15, 0.2) is 24.3 Å². The maximum atomic E-state index is 13.4. The summed E-state index contributed by atoms with van der Waals surface area (Å²) >= 11 is 0. The minimum absolute atomic E-state index is 0.0559. The molecule has 7 heteroatoms. The van der Waals surface area contributed by atoms with Gasteiger partial charge in [-0.1, -0.05) is 31.0 Å². The molecular formula is C21H28N2O5. The third kappa shape index (κ3) is 3.39. The number of fused-ring (bicyclic) bond motifs is 1. The second kappa shape index (κ2) is 8.31. The lowest BCUT2D eigenvalue weighted by Gasteiger charge is -2.50. The Morgan fingerprint density at radius 2 is 1.93 bits per heavy atom. The maximum Gasteiger partial charge on any atom is 0.328 e. The fraction of sp³-hybridized carbons (Fsp3) is 0.571. The van der Waals surface area contributed by atoms with E-state index in [1.807, 2.05) is 23.1 Å². The molecule has 1 aliphatic heterocycles. The fourth-order valence-corrected chi connectivity index (χ4v) is 4.71. The number of methoxy groups -OCH3 is 2. The number of carbonyl (C=O) groups is 3. The predicted molar refractivity (Wildman–Crippen MR) is 103 cm³/mol. The van der Waals surface area contributed by atoms with E-state index in [0.717, 1.165) is 31.2 Å². The molecule has 3 rings (SSSR count). The number of hydrogen-bond donors (Lipinski definition) is 1. The number of esters is 1. The van der Waals surface area contributed by atoms with Gasteiger partial charge in [-0.3, -0.25) is 9.59 Å². The minimum Gasteiger partial charge on any atom is -0.467 e. The van der Waals surface area contributed by atoms with E-state index < -0.39 is 23.5 Å². The number of benzene rings is 1. The van der Waals surface area contributed by atoms with Crippen molar-refractivity contribution in [2.45, 2.75) is 50.1 Å². The van der Waals surface area contributed by atoms with Crippen molar-refractivity contribution in [3.05, 3.63) is 35.4 Å². The first-order chi connectivity index (χ1) is 13.5. The Bertz CT molecular complexity index is 757. The number of hydrogen-bond acceptors (Lipinski definition) is 5. The third-order valence-corrected chi connectivity index (χ3v) is 5.99. The first-order valence-corrected chi connectivity index (χ1v) is 9.74. The number of rotatable bonds is 6. The fourth-order valence-electron chi connectivity index (χ4n) is 4.71. The van der Waals surface area contributed by atoms with Crippen LogP contribution >= 0.6 is 0 Å². The molecule has 2 atom stereocenters. The van der Waals surface area contributed by atoms with Gasteiger partial charge < -0.3 is 19.7 Å². The summed E-state index contributed by atoms with van der Waals surface area (Å²) in [7, 11) is 2.90. The number of nitrogens with one attached hydrogen (secondary N) is 1. The van der Waals surface area contributed by atoms with E-state index >= 15 is 0 Å². The molecule has 0 aromatic heterocycles. The Kier molecular flexibility index (Phi) is 6.03. The van der Waals surface area contributed by atoms with E-state index in [1.165, 1.54) is 7.11 Å². The molecule has 1 aliphatic carbocycles. The largest absolute Gasteiger partial charge is 0.467 e. The van der Waals surface area contributed by atoms with Crippen molar-refractivity contribution in [3.63, 3.8) is 0 Å². The average molecular weight is 388 g/mol. The summed E-state index contributed by atoms with van der Waals surface area (Å²) in [6.45, 7) is 2.44.